The number of nitrogens with zero attached hydrogens (tertiary/aromatic N) is 2. The monoisotopic (exact) mass is 298 g/mol. The molecule has 0 saturated carbocycles. The van der Waals surface area contributed by atoms with E-state index in [4.69, 9.17) is 23.1 Å². The van der Waals surface area contributed by atoms with E-state index < -0.39 is 5.91 Å². The minimum Gasteiger partial charge on any atom is -0.370 e. The summed E-state index contributed by atoms with van der Waals surface area (Å²) in [6.07, 6.45) is 0. The van der Waals surface area contributed by atoms with Gasteiger partial charge in [0.25, 0.3) is 5.91 Å². The lowest BCUT2D eigenvalue weighted by Crippen LogP contribution is -2.24. The number of fused-ring (bicyclic) bond motifs is 1. The SMILES string of the molecule is Cc1nc2ccc(Cl)cc2cc1C(=O)N=C(N)N.Cl. The van der Waals surface area contributed by atoms with E-state index in [-0.39, 0.29) is 18.4 Å². The first-order valence-corrected chi connectivity index (χ1v) is 5.56. The van der Waals surface area contributed by atoms with E-state index in [9.17, 15) is 4.79 Å². The van der Waals surface area contributed by atoms with E-state index in [1.54, 1.807) is 31.2 Å². The highest BCUT2D eigenvalue weighted by molar-refractivity contribution is 6.31. The van der Waals surface area contributed by atoms with Gasteiger partial charge in [-0.15, -0.1) is 12.4 Å². The number of pyridine rings is 1. The van der Waals surface area contributed by atoms with Crippen molar-refractivity contribution in [3.05, 3.63) is 40.5 Å². The molecule has 0 aliphatic carbocycles. The molecule has 19 heavy (non-hydrogen) atoms. The first-order valence-electron chi connectivity index (χ1n) is 5.18. The van der Waals surface area contributed by atoms with Crippen LogP contribution in [0.3, 0.4) is 0 Å². The standard InChI is InChI=1S/C12H11ClN4O.ClH/c1-6-9(11(18)17-12(14)15)5-7-4-8(13)2-3-10(7)16-6;/h2-5H,1H3,(H4,14,15,17,18);1H. The van der Waals surface area contributed by atoms with Crippen LogP contribution in [0.25, 0.3) is 10.9 Å². The van der Waals surface area contributed by atoms with Gasteiger partial charge in [0.05, 0.1) is 16.8 Å². The zero-order valence-electron chi connectivity index (χ0n) is 10.1. The van der Waals surface area contributed by atoms with Crippen LogP contribution in [0.2, 0.25) is 5.02 Å². The second-order valence-electron chi connectivity index (χ2n) is 3.80. The Morgan fingerprint density at radius 2 is 2.00 bits per heavy atom. The van der Waals surface area contributed by atoms with Gasteiger partial charge >= 0.3 is 0 Å². The first kappa shape index (κ1) is 15.2. The molecule has 1 heterocycles. The Hall–Kier alpha value is -1.85. The molecule has 7 heteroatoms. The number of rotatable bonds is 1. The van der Waals surface area contributed by atoms with E-state index in [0.29, 0.717) is 16.3 Å². The van der Waals surface area contributed by atoms with Gasteiger partial charge in [-0.3, -0.25) is 9.78 Å². The molecule has 5 nitrogen and oxygen atoms in total. The minimum atomic E-state index is -0.512. The van der Waals surface area contributed by atoms with Gasteiger partial charge in [0.1, 0.15) is 0 Å². The molecule has 0 bridgehead atoms. The Balaban J connectivity index is 0.00000180. The number of aryl methyl sites for hydroxylation is 1. The second-order valence-corrected chi connectivity index (χ2v) is 4.24. The summed E-state index contributed by atoms with van der Waals surface area (Å²) in [7, 11) is 0. The molecule has 1 aromatic heterocycles. The van der Waals surface area contributed by atoms with E-state index in [1.807, 2.05) is 0 Å². The van der Waals surface area contributed by atoms with Crippen molar-refractivity contribution in [3.63, 3.8) is 0 Å². The van der Waals surface area contributed by atoms with E-state index >= 15 is 0 Å². The first-order chi connectivity index (χ1) is 8.47. The topological polar surface area (TPSA) is 94.4 Å². The molecule has 4 N–H and O–H groups in total. The summed E-state index contributed by atoms with van der Waals surface area (Å²) in [6.45, 7) is 1.73. The quantitative estimate of drug-likeness (QED) is 0.622. The van der Waals surface area contributed by atoms with Gasteiger partial charge in [0.15, 0.2) is 5.96 Å². The van der Waals surface area contributed by atoms with Gasteiger partial charge in [-0.25, -0.2) is 0 Å². The molecule has 1 aromatic carbocycles. The highest BCUT2D eigenvalue weighted by Gasteiger charge is 2.11. The lowest BCUT2D eigenvalue weighted by molar-refractivity contribution is 0.100. The summed E-state index contributed by atoms with van der Waals surface area (Å²) in [4.78, 5) is 19.6. The van der Waals surface area contributed by atoms with Crippen LogP contribution in [0.5, 0.6) is 0 Å². The molecule has 100 valence electrons. The molecule has 0 aliphatic heterocycles. The molecule has 0 saturated heterocycles. The van der Waals surface area contributed by atoms with Crippen molar-refractivity contribution < 1.29 is 4.79 Å². The zero-order chi connectivity index (χ0) is 13.3. The Bertz CT molecular complexity index is 666. The van der Waals surface area contributed by atoms with Crippen LogP contribution >= 0.6 is 24.0 Å². The average Bonchev–Trinajstić information content (AvgIpc) is 2.27. The van der Waals surface area contributed by atoms with Gasteiger partial charge in [0.2, 0.25) is 0 Å². The number of amides is 1. The number of halogens is 2. The van der Waals surface area contributed by atoms with Gasteiger partial charge < -0.3 is 11.5 Å². The third kappa shape index (κ3) is 3.33. The molecule has 2 aromatic rings. The summed E-state index contributed by atoms with van der Waals surface area (Å²) in [5.41, 5.74) is 12.1. The predicted octanol–water partition coefficient (Wildman–Crippen LogP) is 2.03. The normalized spacial score (nSPS) is 9.79. The second kappa shape index (κ2) is 5.86. The highest BCUT2D eigenvalue weighted by Crippen LogP contribution is 2.21. The van der Waals surface area contributed by atoms with Crippen molar-refractivity contribution in [2.45, 2.75) is 6.92 Å². The number of carbonyl (C=O) groups excluding carboxylic acids is 1. The Morgan fingerprint density at radius 3 is 2.63 bits per heavy atom. The van der Waals surface area contributed by atoms with Crippen molar-refractivity contribution >= 4 is 46.8 Å². The summed E-state index contributed by atoms with van der Waals surface area (Å²) in [5, 5.41) is 1.34. The number of nitrogens with two attached hydrogens (primary N) is 2. The van der Waals surface area contributed by atoms with Gasteiger partial charge in [-0.1, -0.05) is 11.6 Å². The van der Waals surface area contributed by atoms with Crippen LogP contribution in [0.4, 0.5) is 0 Å². The van der Waals surface area contributed by atoms with Crippen molar-refractivity contribution in [3.8, 4) is 0 Å². The molecule has 2 rings (SSSR count). The van der Waals surface area contributed by atoms with Crippen LogP contribution in [0.1, 0.15) is 16.1 Å². The molecule has 0 spiro atoms. The molecule has 0 atom stereocenters. The van der Waals surface area contributed by atoms with E-state index in [0.717, 1.165) is 10.9 Å². The lowest BCUT2D eigenvalue weighted by atomic mass is 10.1. The van der Waals surface area contributed by atoms with Crippen molar-refractivity contribution in [2.24, 2.45) is 16.5 Å². The maximum absolute atomic E-state index is 11.8. The molecule has 0 radical (unpaired) electrons. The molecular formula is C12H12Cl2N4O. The van der Waals surface area contributed by atoms with Gasteiger partial charge in [-0.05, 0) is 31.2 Å². The third-order valence-corrected chi connectivity index (χ3v) is 2.66. The number of guanidine groups is 1. The van der Waals surface area contributed by atoms with Crippen LogP contribution in [0, 0.1) is 6.92 Å². The fourth-order valence-electron chi connectivity index (χ4n) is 1.64. The summed E-state index contributed by atoms with van der Waals surface area (Å²) >= 11 is 5.89. The Morgan fingerprint density at radius 1 is 1.32 bits per heavy atom. The fourth-order valence-corrected chi connectivity index (χ4v) is 1.82. The predicted molar refractivity (Wildman–Crippen MR) is 78.9 cm³/mol. The molecule has 0 unspecified atom stereocenters. The maximum Gasteiger partial charge on any atom is 0.282 e. The van der Waals surface area contributed by atoms with Crippen molar-refractivity contribution in [1.29, 1.82) is 0 Å². The Labute approximate surface area is 121 Å². The van der Waals surface area contributed by atoms with E-state index in [2.05, 4.69) is 9.98 Å². The molecular weight excluding hydrogens is 287 g/mol. The number of hydrogen-bond acceptors (Lipinski definition) is 2. The fraction of sp³-hybridized carbons (Fsp3) is 0.0833. The van der Waals surface area contributed by atoms with Crippen LogP contribution in [0.15, 0.2) is 29.3 Å². The number of aliphatic imine (C=N–C) groups is 1. The van der Waals surface area contributed by atoms with Crippen LogP contribution < -0.4 is 11.5 Å². The zero-order valence-corrected chi connectivity index (χ0v) is 11.6. The number of benzene rings is 1. The number of aromatic nitrogens is 1. The largest absolute Gasteiger partial charge is 0.370 e. The van der Waals surface area contributed by atoms with Gasteiger partial charge in [-0.2, -0.15) is 4.99 Å². The third-order valence-electron chi connectivity index (χ3n) is 2.43. The number of hydrogen-bond donors (Lipinski definition) is 2. The Kier molecular flexibility index (Phi) is 4.69. The average molecular weight is 299 g/mol. The van der Waals surface area contributed by atoms with Crippen molar-refractivity contribution in [1.82, 2.24) is 4.98 Å². The smallest absolute Gasteiger partial charge is 0.282 e. The van der Waals surface area contributed by atoms with Crippen LogP contribution in [-0.2, 0) is 0 Å². The summed E-state index contributed by atoms with van der Waals surface area (Å²) < 4.78 is 0. The maximum atomic E-state index is 11.8. The highest BCUT2D eigenvalue weighted by atomic mass is 35.5. The van der Waals surface area contributed by atoms with Crippen molar-refractivity contribution in [2.75, 3.05) is 0 Å². The molecule has 0 fully saturated rings. The summed E-state index contributed by atoms with van der Waals surface area (Å²) in [5.74, 6) is -0.785. The van der Waals surface area contributed by atoms with Crippen LogP contribution in [-0.4, -0.2) is 16.9 Å². The lowest BCUT2D eigenvalue weighted by Gasteiger charge is -2.04. The summed E-state index contributed by atoms with van der Waals surface area (Å²) in [6, 6.07) is 6.95. The molecule has 0 aliphatic rings. The van der Waals surface area contributed by atoms with Gasteiger partial charge in [0, 0.05) is 10.4 Å². The minimum absolute atomic E-state index is 0. The molecule has 1 amide bonds. The van der Waals surface area contributed by atoms with E-state index in [1.165, 1.54) is 0 Å². The number of carbonyl (C=O) groups is 1.